The van der Waals surface area contributed by atoms with E-state index in [1.807, 2.05) is 31.2 Å². The van der Waals surface area contributed by atoms with Gasteiger partial charge in [-0.2, -0.15) is 0 Å². The number of nitrogens with one attached hydrogen (secondary N) is 1. The minimum Gasteiger partial charge on any atom is -0.496 e. The van der Waals surface area contributed by atoms with Gasteiger partial charge in [0.25, 0.3) is 0 Å². The van der Waals surface area contributed by atoms with Gasteiger partial charge in [0, 0.05) is 24.3 Å². The summed E-state index contributed by atoms with van der Waals surface area (Å²) in [6.07, 6.45) is 4.68. The Labute approximate surface area is 114 Å². The maximum atomic E-state index is 11.7. The second-order valence-corrected chi connectivity index (χ2v) is 4.35. The zero-order valence-electron chi connectivity index (χ0n) is 11.4. The van der Waals surface area contributed by atoms with Crippen LogP contribution in [-0.4, -0.2) is 30.8 Å². The van der Waals surface area contributed by atoms with Crippen LogP contribution >= 0.6 is 0 Å². The fourth-order valence-electron chi connectivity index (χ4n) is 1.73. The van der Waals surface area contributed by atoms with Gasteiger partial charge in [-0.3, -0.25) is 4.79 Å². The summed E-state index contributed by atoms with van der Waals surface area (Å²) in [4.78, 5) is 11.7. The molecule has 0 aromatic heterocycles. The Balaban J connectivity index is 2.53. The van der Waals surface area contributed by atoms with Crippen LogP contribution in [0.1, 0.15) is 25.3 Å². The summed E-state index contributed by atoms with van der Waals surface area (Å²) in [7, 11) is 1.60. The van der Waals surface area contributed by atoms with Crippen LogP contribution < -0.4 is 10.1 Å². The van der Waals surface area contributed by atoms with E-state index in [4.69, 9.17) is 9.84 Å². The van der Waals surface area contributed by atoms with Crippen LogP contribution in [0.4, 0.5) is 0 Å². The predicted octanol–water partition coefficient (Wildman–Crippen LogP) is 1.99. The van der Waals surface area contributed by atoms with Crippen LogP contribution in [-0.2, 0) is 4.79 Å². The molecule has 0 aliphatic heterocycles. The molecule has 19 heavy (non-hydrogen) atoms. The number of amides is 1. The first-order valence-electron chi connectivity index (χ1n) is 6.40. The summed E-state index contributed by atoms with van der Waals surface area (Å²) in [6, 6.07) is 7.57. The molecule has 0 radical (unpaired) electrons. The maximum Gasteiger partial charge on any atom is 0.244 e. The average molecular weight is 263 g/mol. The van der Waals surface area contributed by atoms with Gasteiger partial charge in [0.15, 0.2) is 0 Å². The summed E-state index contributed by atoms with van der Waals surface area (Å²) in [5.41, 5.74) is 0.864. The zero-order valence-corrected chi connectivity index (χ0v) is 11.4. The standard InChI is InChI=1S/C15H21NO3/c1-12(6-5-11-17)16-15(18)10-9-13-7-3-4-8-14(13)19-2/h3-4,7-10,12,17H,5-6,11H2,1-2H3,(H,16,18). The van der Waals surface area contributed by atoms with Crippen molar-refractivity contribution in [1.82, 2.24) is 5.32 Å². The lowest BCUT2D eigenvalue weighted by atomic mass is 10.1. The second kappa shape index (κ2) is 8.32. The van der Waals surface area contributed by atoms with Gasteiger partial charge in [-0.1, -0.05) is 18.2 Å². The van der Waals surface area contributed by atoms with E-state index in [0.29, 0.717) is 6.42 Å². The van der Waals surface area contributed by atoms with Crippen LogP contribution in [0.15, 0.2) is 30.3 Å². The van der Waals surface area contributed by atoms with Crippen molar-refractivity contribution >= 4 is 12.0 Å². The third-order valence-corrected chi connectivity index (χ3v) is 2.74. The Morgan fingerprint density at radius 1 is 1.47 bits per heavy atom. The summed E-state index contributed by atoms with van der Waals surface area (Å²) in [6.45, 7) is 2.07. The van der Waals surface area contributed by atoms with Crippen molar-refractivity contribution in [2.75, 3.05) is 13.7 Å². The quantitative estimate of drug-likeness (QED) is 0.740. The molecule has 1 atom stereocenters. The first-order valence-corrected chi connectivity index (χ1v) is 6.40. The number of aliphatic hydroxyl groups excluding tert-OH is 1. The van der Waals surface area contributed by atoms with Crippen molar-refractivity contribution < 1.29 is 14.6 Å². The summed E-state index contributed by atoms with van der Waals surface area (Å²) in [5, 5.41) is 11.6. The van der Waals surface area contributed by atoms with E-state index in [2.05, 4.69) is 5.32 Å². The number of aliphatic hydroxyl groups is 1. The third-order valence-electron chi connectivity index (χ3n) is 2.74. The van der Waals surface area contributed by atoms with E-state index in [1.165, 1.54) is 6.08 Å². The lowest BCUT2D eigenvalue weighted by molar-refractivity contribution is -0.117. The van der Waals surface area contributed by atoms with E-state index in [9.17, 15) is 4.79 Å². The SMILES string of the molecule is COc1ccccc1C=CC(=O)NC(C)CCCO. The summed E-state index contributed by atoms with van der Waals surface area (Å²) < 4.78 is 5.20. The van der Waals surface area contributed by atoms with Crippen molar-refractivity contribution in [2.24, 2.45) is 0 Å². The first-order chi connectivity index (χ1) is 9.17. The molecule has 1 unspecified atom stereocenters. The molecule has 0 saturated heterocycles. The Morgan fingerprint density at radius 3 is 2.89 bits per heavy atom. The Hall–Kier alpha value is -1.81. The highest BCUT2D eigenvalue weighted by Gasteiger charge is 2.04. The number of hydrogen-bond acceptors (Lipinski definition) is 3. The topological polar surface area (TPSA) is 58.6 Å². The minimum atomic E-state index is -0.142. The van der Waals surface area contributed by atoms with Crippen molar-refractivity contribution in [3.63, 3.8) is 0 Å². The van der Waals surface area contributed by atoms with Crippen LogP contribution in [0, 0.1) is 0 Å². The molecule has 0 aliphatic rings. The van der Waals surface area contributed by atoms with E-state index in [0.717, 1.165) is 17.7 Å². The maximum absolute atomic E-state index is 11.7. The molecule has 0 heterocycles. The molecule has 1 aromatic carbocycles. The van der Waals surface area contributed by atoms with Gasteiger partial charge in [0.1, 0.15) is 5.75 Å². The molecule has 1 amide bonds. The number of carbonyl (C=O) groups is 1. The van der Waals surface area contributed by atoms with Gasteiger partial charge in [0.05, 0.1) is 7.11 Å². The van der Waals surface area contributed by atoms with Crippen molar-refractivity contribution in [3.05, 3.63) is 35.9 Å². The van der Waals surface area contributed by atoms with Crippen LogP contribution in [0.3, 0.4) is 0 Å². The Morgan fingerprint density at radius 2 is 2.21 bits per heavy atom. The molecular formula is C15H21NO3. The Bertz CT molecular complexity index is 429. The number of para-hydroxylation sites is 1. The number of benzene rings is 1. The number of hydrogen-bond donors (Lipinski definition) is 2. The van der Waals surface area contributed by atoms with Gasteiger partial charge in [-0.05, 0) is 31.9 Å². The predicted molar refractivity (Wildman–Crippen MR) is 76.0 cm³/mol. The average Bonchev–Trinajstić information content (AvgIpc) is 2.43. The molecule has 0 bridgehead atoms. The number of rotatable bonds is 7. The van der Waals surface area contributed by atoms with Crippen LogP contribution in [0.5, 0.6) is 5.75 Å². The molecular weight excluding hydrogens is 242 g/mol. The molecule has 0 saturated carbocycles. The zero-order chi connectivity index (χ0) is 14.1. The van der Waals surface area contributed by atoms with Crippen molar-refractivity contribution in [3.8, 4) is 5.75 Å². The molecule has 2 N–H and O–H groups in total. The van der Waals surface area contributed by atoms with Crippen molar-refractivity contribution in [2.45, 2.75) is 25.8 Å². The van der Waals surface area contributed by atoms with Gasteiger partial charge >= 0.3 is 0 Å². The van der Waals surface area contributed by atoms with E-state index < -0.39 is 0 Å². The highest BCUT2D eigenvalue weighted by molar-refractivity contribution is 5.92. The lowest BCUT2D eigenvalue weighted by Gasteiger charge is -2.11. The summed E-state index contributed by atoms with van der Waals surface area (Å²) >= 11 is 0. The molecule has 0 spiro atoms. The van der Waals surface area contributed by atoms with E-state index >= 15 is 0 Å². The fourth-order valence-corrected chi connectivity index (χ4v) is 1.73. The monoisotopic (exact) mass is 263 g/mol. The van der Waals surface area contributed by atoms with Gasteiger partial charge < -0.3 is 15.2 Å². The smallest absolute Gasteiger partial charge is 0.244 e. The molecule has 0 aliphatic carbocycles. The molecule has 0 fully saturated rings. The molecule has 4 heteroatoms. The van der Waals surface area contributed by atoms with Gasteiger partial charge in [-0.15, -0.1) is 0 Å². The van der Waals surface area contributed by atoms with Gasteiger partial charge in [0.2, 0.25) is 5.91 Å². The molecule has 1 rings (SSSR count). The third kappa shape index (κ3) is 5.57. The van der Waals surface area contributed by atoms with Crippen molar-refractivity contribution in [1.29, 1.82) is 0 Å². The largest absolute Gasteiger partial charge is 0.496 e. The lowest BCUT2D eigenvalue weighted by Crippen LogP contribution is -2.31. The normalized spacial score (nSPS) is 12.4. The summed E-state index contributed by atoms with van der Waals surface area (Å²) in [5.74, 6) is 0.594. The van der Waals surface area contributed by atoms with E-state index in [1.54, 1.807) is 13.2 Å². The van der Waals surface area contributed by atoms with E-state index in [-0.39, 0.29) is 18.6 Å². The van der Waals surface area contributed by atoms with Gasteiger partial charge in [-0.25, -0.2) is 0 Å². The van der Waals surface area contributed by atoms with Crippen LogP contribution in [0.25, 0.3) is 6.08 Å². The molecule has 104 valence electrons. The highest BCUT2D eigenvalue weighted by Crippen LogP contribution is 2.18. The minimum absolute atomic E-state index is 0.0574. The molecule has 1 aromatic rings. The Kier molecular flexibility index (Phi) is 6.68. The second-order valence-electron chi connectivity index (χ2n) is 4.35. The number of methoxy groups -OCH3 is 1. The number of carbonyl (C=O) groups excluding carboxylic acids is 1. The van der Waals surface area contributed by atoms with Crippen LogP contribution in [0.2, 0.25) is 0 Å². The molecule has 4 nitrogen and oxygen atoms in total. The number of ether oxygens (including phenoxy) is 1. The first kappa shape index (κ1) is 15.2. The highest BCUT2D eigenvalue weighted by atomic mass is 16.5. The fraction of sp³-hybridized carbons (Fsp3) is 0.400.